The second-order valence-electron chi connectivity index (χ2n) is 5.51. The highest BCUT2D eigenvalue weighted by molar-refractivity contribution is 8.00. The Balaban J connectivity index is 1.53. The summed E-state index contributed by atoms with van der Waals surface area (Å²) in [6.07, 6.45) is 0. The smallest absolute Gasteiger partial charge is 0.239 e. The summed E-state index contributed by atoms with van der Waals surface area (Å²) in [5, 5.41) is 14.8. The number of carbonyl (C=O) groups is 1. The number of anilines is 1. The van der Waals surface area contributed by atoms with Gasteiger partial charge in [-0.3, -0.25) is 4.79 Å². The van der Waals surface area contributed by atoms with E-state index in [1.54, 1.807) is 6.92 Å². The van der Waals surface area contributed by atoms with Gasteiger partial charge in [-0.05, 0) is 19.9 Å². The van der Waals surface area contributed by atoms with Crippen LogP contribution in [0.15, 0.2) is 34.8 Å². The summed E-state index contributed by atoms with van der Waals surface area (Å²) >= 11 is 2.67. The van der Waals surface area contributed by atoms with Crippen LogP contribution in [0.25, 0.3) is 22.1 Å². The minimum Gasteiger partial charge on any atom is -0.338 e. The predicted molar refractivity (Wildman–Crippen MR) is 100.0 cm³/mol. The number of thiazole rings is 1. The molecule has 0 aliphatic rings. The molecule has 0 aliphatic carbocycles. The molecule has 1 atom stereocenters. The number of nitrogens with one attached hydrogen (secondary N) is 2. The van der Waals surface area contributed by atoms with Crippen molar-refractivity contribution < 1.29 is 4.79 Å². The summed E-state index contributed by atoms with van der Waals surface area (Å²) < 4.78 is 0. The number of carbonyl (C=O) groups excluding carboxylic acids is 1. The Morgan fingerprint density at radius 1 is 1.28 bits per heavy atom. The van der Waals surface area contributed by atoms with E-state index in [2.05, 4.69) is 30.5 Å². The molecule has 0 bridgehead atoms. The van der Waals surface area contributed by atoms with Crippen molar-refractivity contribution in [3.63, 3.8) is 0 Å². The molecule has 1 amide bonds. The quantitative estimate of drug-likeness (QED) is 0.535. The van der Waals surface area contributed by atoms with E-state index in [1.807, 2.05) is 36.6 Å². The molecule has 0 saturated heterocycles. The number of aromatic amines is 1. The van der Waals surface area contributed by atoms with Crippen LogP contribution in [0.2, 0.25) is 0 Å². The van der Waals surface area contributed by atoms with E-state index in [0.29, 0.717) is 15.9 Å². The van der Waals surface area contributed by atoms with Gasteiger partial charge in [-0.15, -0.1) is 21.5 Å². The fourth-order valence-corrected chi connectivity index (χ4v) is 3.79. The zero-order chi connectivity index (χ0) is 17.4. The number of rotatable bonds is 4. The van der Waals surface area contributed by atoms with Crippen LogP contribution in [0.5, 0.6) is 0 Å². The number of benzene rings is 1. The molecule has 7 nitrogen and oxygen atoms in total. The molecule has 3 aromatic heterocycles. The summed E-state index contributed by atoms with van der Waals surface area (Å²) in [4.78, 5) is 24.2. The zero-order valence-corrected chi connectivity index (χ0v) is 15.1. The van der Waals surface area contributed by atoms with Gasteiger partial charge >= 0.3 is 0 Å². The molecule has 3 heterocycles. The Morgan fingerprint density at radius 2 is 2.12 bits per heavy atom. The van der Waals surface area contributed by atoms with Crippen LogP contribution >= 0.6 is 23.1 Å². The Bertz CT molecular complexity index is 1070. The average Bonchev–Trinajstić information content (AvgIpc) is 3.17. The summed E-state index contributed by atoms with van der Waals surface area (Å²) in [5.74, 6) is -0.139. The van der Waals surface area contributed by atoms with Gasteiger partial charge in [0.2, 0.25) is 11.1 Å². The first-order valence-electron chi connectivity index (χ1n) is 7.61. The Labute approximate surface area is 151 Å². The molecular weight excluding hydrogens is 356 g/mol. The molecule has 0 saturated carbocycles. The number of para-hydroxylation sites is 1. The van der Waals surface area contributed by atoms with Crippen molar-refractivity contribution in [2.75, 3.05) is 5.32 Å². The summed E-state index contributed by atoms with van der Waals surface area (Å²) in [5.41, 5.74) is 3.25. The van der Waals surface area contributed by atoms with E-state index < -0.39 is 0 Å². The van der Waals surface area contributed by atoms with E-state index in [0.717, 1.165) is 22.1 Å². The van der Waals surface area contributed by atoms with E-state index in [1.165, 1.54) is 23.1 Å². The molecule has 0 fully saturated rings. The van der Waals surface area contributed by atoms with Gasteiger partial charge in [0.05, 0.1) is 10.9 Å². The van der Waals surface area contributed by atoms with Crippen molar-refractivity contribution in [1.82, 2.24) is 25.1 Å². The topological polar surface area (TPSA) is 96.5 Å². The van der Waals surface area contributed by atoms with Crippen molar-refractivity contribution >= 4 is 56.2 Å². The van der Waals surface area contributed by atoms with Gasteiger partial charge in [0, 0.05) is 16.3 Å². The van der Waals surface area contributed by atoms with Crippen LogP contribution in [0.1, 0.15) is 12.6 Å². The molecular formula is C16H14N6OS2. The molecule has 1 aromatic carbocycles. The van der Waals surface area contributed by atoms with Crippen LogP contribution < -0.4 is 5.32 Å². The maximum Gasteiger partial charge on any atom is 0.239 e. The van der Waals surface area contributed by atoms with Crippen LogP contribution in [0, 0.1) is 6.92 Å². The number of H-pyrrole nitrogens is 1. The van der Waals surface area contributed by atoms with Crippen molar-refractivity contribution in [2.45, 2.75) is 24.3 Å². The lowest BCUT2D eigenvalue weighted by Gasteiger charge is -2.08. The highest BCUT2D eigenvalue weighted by Crippen LogP contribution is 2.25. The third-order valence-electron chi connectivity index (χ3n) is 3.60. The van der Waals surface area contributed by atoms with Crippen molar-refractivity contribution in [3.8, 4) is 0 Å². The minimum absolute atomic E-state index is 0.139. The monoisotopic (exact) mass is 370 g/mol. The average molecular weight is 370 g/mol. The highest BCUT2D eigenvalue weighted by Gasteiger charge is 2.18. The second kappa shape index (κ2) is 6.41. The minimum atomic E-state index is -0.368. The fraction of sp³-hybridized carbons (Fsp3) is 0.188. The third-order valence-corrected chi connectivity index (χ3v) is 5.43. The van der Waals surface area contributed by atoms with Gasteiger partial charge in [-0.1, -0.05) is 30.0 Å². The molecule has 0 spiro atoms. The number of hydrogen-bond donors (Lipinski definition) is 2. The van der Waals surface area contributed by atoms with Crippen LogP contribution in [-0.2, 0) is 4.79 Å². The van der Waals surface area contributed by atoms with E-state index in [9.17, 15) is 4.79 Å². The lowest BCUT2D eigenvalue weighted by Crippen LogP contribution is -2.22. The fourth-order valence-electron chi connectivity index (χ4n) is 2.39. The largest absolute Gasteiger partial charge is 0.338 e. The number of aromatic nitrogens is 5. The first-order chi connectivity index (χ1) is 12.1. The van der Waals surface area contributed by atoms with Gasteiger partial charge < -0.3 is 10.3 Å². The molecule has 4 rings (SSSR count). The second-order valence-corrected chi connectivity index (χ2v) is 7.67. The molecule has 0 radical (unpaired) electrons. The number of nitrogens with zero attached hydrogens (tertiary/aromatic N) is 4. The zero-order valence-electron chi connectivity index (χ0n) is 13.5. The van der Waals surface area contributed by atoms with Gasteiger partial charge in [0.15, 0.2) is 10.8 Å². The number of fused-ring (bicyclic) bond motifs is 3. The van der Waals surface area contributed by atoms with Crippen molar-refractivity contribution in [3.05, 3.63) is 35.3 Å². The molecule has 25 heavy (non-hydrogen) atoms. The van der Waals surface area contributed by atoms with Gasteiger partial charge in [-0.2, -0.15) is 0 Å². The SMILES string of the molecule is Cc1csc(NC(=O)C(C)Sc2nnc3c(n2)[nH]c2ccccc23)n1. The van der Waals surface area contributed by atoms with Gasteiger partial charge in [0.25, 0.3) is 0 Å². The third kappa shape index (κ3) is 3.20. The molecule has 9 heteroatoms. The van der Waals surface area contributed by atoms with E-state index >= 15 is 0 Å². The first-order valence-corrected chi connectivity index (χ1v) is 9.37. The summed E-state index contributed by atoms with van der Waals surface area (Å²) in [6, 6.07) is 7.85. The first kappa shape index (κ1) is 16.0. The van der Waals surface area contributed by atoms with Crippen LogP contribution in [-0.4, -0.2) is 36.3 Å². The van der Waals surface area contributed by atoms with Gasteiger partial charge in [-0.25, -0.2) is 9.97 Å². The lowest BCUT2D eigenvalue weighted by molar-refractivity contribution is -0.115. The van der Waals surface area contributed by atoms with Crippen molar-refractivity contribution in [2.24, 2.45) is 0 Å². The molecule has 1 unspecified atom stereocenters. The van der Waals surface area contributed by atoms with E-state index in [4.69, 9.17) is 0 Å². The molecule has 4 aromatic rings. The highest BCUT2D eigenvalue weighted by atomic mass is 32.2. The maximum atomic E-state index is 12.3. The van der Waals surface area contributed by atoms with Crippen molar-refractivity contribution in [1.29, 1.82) is 0 Å². The van der Waals surface area contributed by atoms with Crippen LogP contribution in [0.3, 0.4) is 0 Å². The molecule has 126 valence electrons. The van der Waals surface area contributed by atoms with Gasteiger partial charge in [0.1, 0.15) is 5.52 Å². The Kier molecular flexibility index (Phi) is 4.10. The number of amides is 1. The number of hydrogen-bond acceptors (Lipinski definition) is 7. The van der Waals surface area contributed by atoms with Crippen LogP contribution in [0.4, 0.5) is 5.13 Å². The number of aryl methyl sites for hydroxylation is 1. The van der Waals surface area contributed by atoms with E-state index in [-0.39, 0.29) is 11.2 Å². The summed E-state index contributed by atoms with van der Waals surface area (Å²) in [7, 11) is 0. The Hall–Kier alpha value is -2.52. The predicted octanol–water partition coefficient (Wildman–Crippen LogP) is 3.39. The maximum absolute atomic E-state index is 12.3. The molecule has 2 N–H and O–H groups in total. The summed E-state index contributed by atoms with van der Waals surface area (Å²) in [6.45, 7) is 3.69. The molecule has 0 aliphatic heterocycles. The standard InChI is InChI=1S/C16H14N6OS2/c1-8-7-24-15(17-8)20-14(23)9(2)25-16-19-13-12(21-22-16)10-5-3-4-6-11(10)18-13/h3-7,9H,1-2H3,(H,17,20,23)(H,18,19,22). The lowest BCUT2D eigenvalue weighted by atomic mass is 10.2. The normalized spacial score (nSPS) is 12.6. The number of thioether (sulfide) groups is 1. The Morgan fingerprint density at radius 3 is 2.92 bits per heavy atom.